The Morgan fingerprint density at radius 2 is 1.85 bits per heavy atom. The zero-order valence-corrected chi connectivity index (χ0v) is 16.9. The van der Waals surface area contributed by atoms with Crippen molar-refractivity contribution in [2.75, 3.05) is 7.05 Å². The molecule has 0 bridgehead atoms. The van der Waals surface area contributed by atoms with Crippen LogP contribution >= 0.6 is 0 Å². The Labute approximate surface area is 160 Å². The maximum Gasteiger partial charge on any atom is 0.242 e. The minimum Gasteiger partial charge on any atom is -0.350 e. The van der Waals surface area contributed by atoms with Gasteiger partial charge in [0, 0.05) is 31.0 Å². The highest BCUT2D eigenvalue weighted by Crippen LogP contribution is 2.17. The van der Waals surface area contributed by atoms with Crippen molar-refractivity contribution in [3.8, 4) is 11.4 Å². The fraction of sp³-hybridized carbons (Fsp3) is 0.500. The van der Waals surface area contributed by atoms with E-state index in [1.54, 1.807) is 14.0 Å². The van der Waals surface area contributed by atoms with Crippen LogP contribution in [0.5, 0.6) is 0 Å². The molecule has 1 heterocycles. The highest BCUT2D eigenvalue weighted by atomic mass is 16.5. The van der Waals surface area contributed by atoms with E-state index in [4.69, 9.17) is 4.52 Å². The van der Waals surface area contributed by atoms with Gasteiger partial charge in [0.05, 0.1) is 0 Å². The Hall–Kier alpha value is -2.70. The van der Waals surface area contributed by atoms with Gasteiger partial charge >= 0.3 is 0 Å². The van der Waals surface area contributed by atoms with E-state index in [0.29, 0.717) is 18.1 Å². The fourth-order valence-electron chi connectivity index (χ4n) is 2.43. The summed E-state index contributed by atoms with van der Waals surface area (Å²) in [5.74, 6) is 0.572. The Balaban J connectivity index is 1.91. The van der Waals surface area contributed by atoms with Crippen LogP contribution in [0, 0.1) is 6.92 Å². The molecule has 7 nitrogen and oxygen atoms in total. The first-order chi connectivity index (χ1) is 12.6. The van der Waals surface area contributed by atoms with E-state index in [2.05, 4.69) is 15.5 Å². The van der Waals surface area contributed by atoms with E-state index < -0.39 is 6.04 Å². The third-order valence-electron chi connectivity index (χ3n) is 4.18. The van der Waals surface area contributed by atoms with E-state index in [0.717, 1.165) is 11.1 Å². The summed E-state index contributed by atoms with van der Waals surface area (Å²) in [5.41, 5.74) is 1.68. The van der Waals surface area contributed by atoms with Crippen molar-refractivity contribution in [2.24, 2.45) is 0 Å². The van der Waals surface area contributed by atoms with Gasteiger partial charge in [-0.25, -0.2) is 0 Å². The molecule has 2 aromatic rings. The molecular formula is C20H28N4O3. The van der Waals surface area contributed by atoms with Gasteiger partial charge < -0.3 is 14.7 Å². The number of benzene rings is 1. The van der Waals surface area contributed by atoms with Crippen LogP contribution in [-0.2, 0) is 16.0 Å². The van der Waals surface area contributed by atoms with Crippen molar-refractivity contribution in [3.63, 3.8) is 0 Å². The SMILES string of the molecule is Cc1ccc(-c2noc(CCC(=O)N(C)[C@H](C)C(=O)NC(C)(C)C)n2)cc1. The summed E-state index contributed by atoms with van der Waals surface area (Å²) in [6, 6.07) is 7.26. The lowest BCUT2D eigenvalue weighted by Crippen LogP contribution is -2.51. The normalized spacial score (nSPS) is 12.5. The highest BCUT2D eigenvalue weighted by molar-refractivity contribution is 5.87. The number of aromatic nitrogens is 2. The van der Waals surface area contributed by atoms with Crippen molar-refractivity contribution in [2.45, 2.75) is 59.0 Å². The van der Waals surface area contributed by atoms with Gasteiger partial charge in [-0.15, -0.1) is 0 Å². The van der Waals surface area contributed by atoms with Crippen LogP contribution in [0.2, 0.25) is 0 Å². The summed E-state index contributed by atoms with van der Waals surface area (Å²) in [6.07, 6.45) is 0.523. The number of carbonyl (C=O) groups excluding carboxylic acids is 2. The standard InChI is InChI=1S/C20H28N4O3/c1-13-7-9-15(10-8-13)18-21-16(27-23-18)11-12-17(25)24(6)14(2)19(26)22-20(3,4)5/h7-10,14H,11-12H2,1-6H3,(H,22,26)/t14-/m1/s1. The molecule has 0 aliphatic rings. The van der Waals surface area contributed by atoms with Crippen LogP contribution in [0.15, 0.2) is 28.8 Å². The number of amides is 2. The minimum atomic E-state index is -0.553. The molecule has 0 aliphatic carbocycles. The van der Waals surface area contributed by atoms with Crippen LogP contribution < -0.4 is 5.32 Å². The Morgan fingerprint density at radius 1 is 1.22 bits per heavy atom. The number of nitrogens with zero attached hydrogens (tertiary/aromatic N) is 3. The molecular weight excluding hydrogens is 344 g/mol. The quantitative estimate of drug-likeness (QED) is 0.842. The molecule has 2 rings (SSSR count). The van der Waals surface area contributed by atoms with Crippen molar-refractivity contribution in [3.05, 3.63) is 35.7 Å². The molecule has 0 saturated carbocycles. The highest BCUT2D eigenvalue weighted by Gasteiger charge is 2.25. The molecule has 7 heteroatoms. The van der Waals surface area contributed by atoms with Crippen molar-refractivity contribution in [1.29, 1.82) is 0 Å². The van der Waals surface area contributed by atoms with E-state index in [9.17, 15) is 9.59 Å². The zero-order valence-electron chi connectivity index (χ0n) is 16.9. The molecule has 0 aliphatic heterocycles. The zero-order chi connectivity index (χ0) is 20.2. The molecule has 1 aromatic heterocycles. The summed E-state index contributed by atoms with van der Waals surface area (Å²) in [6.45, 7) is 9.43. The molecule has 27 heavy (non-hydrogen) atoms. The lowest BCUT2D eigenvalue weighted by Gasteiger charge is -2.28. The van der Waals surface area contributed by atoms with Gasteiger partial charge in [-0.3, -0.25) is 9.59 Å². The molecule has 1 atom stereocenters. The third-order valence-corrected chi connectivity index (χ3v) is 4.18. The van der Waals surface area contributed by atoms with Crippen molar-refractivity contribution in [1.82, 2.24) is 20.4 Å². The summed E-state index contributed by atoms with van der Waals surface area (Å²) >= 11 is 0. The lowest BCUT2D eigenvalue weighted by molar-refractivity contribution is -0.139. The predicted molar refractivity (Wildman–Crippen MR) is 103 cm³/mol. The second-order valence-electron chi connectivity index (χ2n) is 7.80. The average molecular weight is 372 g/mol. The molecule has 0 radical (unpaired) electrons. The van der Waals surface area contributed by atoms with Gasteiger partial charge in [0.25, 0.3) is 0 Å². The van der Waals surface area contributed by atoms with Gasteiger partial charge in [0.15, 0.2) is 0 Å². The summed E-state index contributed by atoms with van der Waals surface area (Å²) in [5, 5.41) is 6.85. The first kappa shape index (κ1) is 20.6. The summed E-state index contributed by atoms with van der Waals surface area (Å²) in [7, 11) is 1.63. The number of hydrogen-bond donors (Lipinski definition) is 1. The molecule has 0 spiro atoms. The second-order valence-corrected chi connectivity index (χ2v) is 7.80. The number of carbonyl (C=O) groups is 2. The molecule has 0 fully saturated rings. The first-order valence-corrected chi connectivity index (χ1v) is 9.04. The molecule has 1 N–H and O–H groups in total. The number of nitrogens with one attached hydrogen (secondary N) is 1. The summed E-state index contributed by atoms with van der Waals surface area (Å²) < 4.78 is 5.24. The van der Waals surface area contributed by atoms with Crippen molar-refractivity contribution < 1.29 is 14.1 Å². The Morgan fingerprint density at radius 3 is 2.44 bits per heavy atom. The van der Waals surface area contributed by atoms with Gasteiger partial charge in [0.1, 0.15) is 6.04 Å². The lowest BCUT2D eigenvalue weighted by atomic mass is 10.1. The maximum atomic E-state index is 12.4. The topological polar surface area (TPSA) is 88.3 Å². The van der Waals surface area contributed by atoms with Crippen molar-refractivity contribution >= 4 is 11.8 Å². The number of rotatable bonds is 6. The van der Waals surface area contributed by atoms with Gasteiger partial charge in [-0.1, -0.05) is 35.0 Å². The number of likely N-dealkylation sites (N-methyl/N-ethyl adjacent to an activating group) is 1. The van der Waals surface area contributed by atoms with Crippen LogP contribution in [0.3, 0.4) is 0 Å². The van der Waals surface area contributed by atoms with E-state index >= 15 is 0 Å². The van der Waals surface area contributed by atoms with E-state index in [-0.39, 0.29) is 23.8 Å². The monoisotopic (exact) mass is 372 g/mol. The van der Waals surface area contributed by atoms with Gasteiger partial charge in [-0.05, 0) is 34.6 Å². The summed E-state index contributed by atoms with van der Waals surface area (Å²) in [4.78, 5) is 30.4. The molecule has 0 saturated heterocycles. The number of aryl methyl sites for hydroxylation is 2. The smallest absolute Gasteiger partial charge is 0.242 e. The average Bonchev–Trinajstić information content (AvgIpc) is 3.06. The number of hydrogen-bond acceptors (Lipinski definition) is 5. The Kier molecular flexibility index (Phi) is 6.36. The molecule has 146 valence electrons. The second kappa shape index (κ2) is 8.33. The predicted octanol–water partition coefficient (Wildman–Crippen LogP) is 2.74. The van der Waals surface area contributed by atoms with Gasteiger partial charge in [-0.2, -0.15) is 4.98 Å². The Bertz CT molecular complexity index is 790. The first-order valence-electron chi connectivity index (χ1n) is 9.04. The molecule has 2 amide bonds. The fourth-order valence-corrected chi connectivity index (χ4v) is 2.43. The minimum absolute atomic E-state index is 0.151. The maximum absolute atomic E-state index is 12.4. The van der Waals surface area contributed by atoms with E-state index in [1.165, 1.54) is 4.90 Å². The van der Waals surface area contributed by atoms with E-state index in [1.807, 2.05) is 52.0 Å². The van der Waals surface area contributed by atoms with Crippen LogP contribution in [0.25, 0.3) is 11.4 Å². The van der Waals surface area contributed by atoms with Gasteiger partial charge in [0.2, 0.25) is 23.5 Å². The van der Waals surface area contributed by atoms with Crippen LogP contribution in [-0.4, -0.2) is 45.5 Å². The van der Waals surface area contributed by atoms with Crippen LogP contribution in [0.4, 0.5) is 0 Å². The molecule has 0 unspecified atom stereocenters. The third kappa shape index (κ3) is 5.91. The largest absolute Gasteiger partial charge is 0.350 e. The van der Waals surface area contributed by atoms with Crippen LogP contribution in [0.1, 0.15) is 45.6 Å². The molecule has 1 aromatic carbocycles.